The molecule has 2 rings (SSSR count). The van der Waals surface area contributed by atoms with Crippen LogP contribution in [0.3, 0.4) is 0 Å². The summed E-state index contributed by atoms with van der Waals surface area (Å²) in [6.45, 7) is 5.71. The molecule has 23 heavy (non-hydrogen) atoms. The number of carbonyl (C=O) groups is 2. The van der Waals surface area contributed by atoms with Gasteiger partial charge in [-0.05, 0) is 25.0 Å². The van der Waals surface area contributed by atoms with Crippen LogP contribution < -0.4 is 10.6 Å². The van der Waals surface area contributed by atoms with E-state index in [0.29, 0.717) is 26.9 Å². The predicted molar refractivity (Wildman–Crippen MR) is 89.4 cm³/mol. The van der Waals surface area contributed by atoms with Gasteiger partial charge in [-0.3, -0.25) is 0 Å². The number of urea groups is 1. The molecule has 1 aliphatic heterocycles. The highest BCUT2D eigenvalue weighted by Crippen LogP contribution is 2.37. The Labute approximate surface area is 145 Å². The monoisotopic (exact) mass is 356 g/mol. The summed E-state index contributed by atoms with van der Waals surface area (Å²) >= 11 is 12.5. The molecule has 1 unspecified atom stereocenters. The van der Waals surface area contributed by atoms with Crippen LogP contribution in [0, 0.1) is 5.92 Å². The molecule has 0 bridgehead atoms. The SMILES string of the molecule is CCOC(=O)C1=C(C(C)C)NC(=O)NC1c1c(Cl)cccc1Cl. The first kappa shape index (κ1) is 17.6. The second-order valence-electron chi connectivity index (χ2n) is 5.37. The number of esters is 1. The normalized spacial score (nSPS) is 17.8. The van der Waals surface area contributed by atoms with Crippen LogP contribution in [-0.4, -0.2) is 18.6 Å². The first-order valence-corrected chi connectivity index (χ1v) is 8.05. The molecule has 1 heterocycles. The average molecular weight is 357 g/mol. The quantitative estimate of drug-likeness (QED) is 0.805. The van der Waals surface area contributed by atoms with E-state index in [1.807, 2.05) is 13.8 Å². The van der Waals surface area contributed by atoms with E-state index in [-0.39, 0.29) is 12.5 Å². The Morgan fingerprint density at radius 2 is 1.91 bits per heavy atom. The fraction of sp³-hybridized carbons (Fsp3) is 0.375. The van der Waals surface area contributed by atoms with Crippen molar-refractivity contribution in [3.05, 3.63) is 45.1 Å². The van der Waals surface area contributed by atoms with Crippen molar-refractivity contribution >= 4 is 35.2 Å². The predicted octanol–water partition coefficient (Wildman–Crippen LogP) is 3.82. The standard InChI is InChI=1S/C16H18Cl2N2O3/c1-4-23-15(21)12-13(8(2)3)19-16(22)20-14(12)11-9(17)6-5-7-10(11)18/h5-8,14H,4H2,1-3H3,(H2,19,20,22). The van der Waals surface area contributed by atoms with Crippen molar-refractivity contribution in [3.63, 3.8) is 0 Å². The van der Waals surface area contributed by atoms with E-state index in [4.69, 9.17) is 27.9 Å². The smallest absolute Gasteiger partial charge is 0.338 e. The number of hydrogen-bond acceptors (Lipinski definition) is 3. The van der Waals surface area contributed by atoms with E-state index in [0.717, 1.165) is 0 Å². The van der Waals surface area contributed by atoms with Gasteiger partial charge in [-0.1, -0.05) is 43.1 Å². The summed E-state index contributed by atoms with van der Waals surface area (Å²) in [5, 5.41) is 6.14. The highest BCUT2D eigenvalue weighted by atomic mass is 35.5. The van der Waals surface area contributed by atoms with Gasteiger partial charge in [0.25, 0.3) is 0 Å². The lowest BCUT2D eigenvalue weighted by Gasteiger charge is -2.31. The summed E-state index contributed by atoms with van der Waals surface area (Å²) < 4.78 is 5.15. The summed E-state index contributed by atoms with van der Waals surface area (Å²) in [5.41, 5.74) is 1.30. The van der Waals surface area contributed by atoms with Gasteiger partial charge in [0.2, 0.25) is 0 Å². The maximum atomic E-state index is 12.5. The molecule has 0 saturated carbocycles. The van der Waals surface area contributed by atoms with Gasteiger partial charge >= 0.3 is 12.0 Å². The number of ether oxygens (including phenoxy) is 1. The molecule has 0 spiro atoms. The molecule has 124 valence electrons. The van der Waals surface area contributed by atoms with Crippen molar-refractivity contribution in [3.8, 4) is 0 Å². The van der Waals surface area contributed by atoms with Crippen LogP contribution in [-0.2, 0) is 9.53 Å². The van der Waals surface area contributed by atoms with Gasteiger partial charge in [0.15, 0.2) is 0 Å². The Morgan fingerprint density at radius 3 is 2.43 bits per heavy atom. The van der Waals surface area contributed by atoms with Gasteiger partial charge in [0.05, 0.1) is 18.2 Å². The zero-order valence-electron chi connectivity index (χ0n) is 13.1. The molecule has 7 heteroatoms. The third-order valence-electron chi connectivity index (χ3n) is 3.46. The molecule has 1 aromatic carbocycles. The van der Waals surface area contributed by atoms with Gasteiger partial charge < -0.3 is 15.4 Å². The Balaban J connectivity index is 2.65. The minimum Gasteiger partial charge on any atom is -0.463 e. The van der Waals surface area contributed by atoms with Crippen LogP contribution in [0.25, 0.3) is 0 Å². The van der Waals surface area contributed by atoms with Crippen molar-refractivity contribution < 1.29 is 14.3 Å². The van der Waals surface area contributed by atoms with E-state index in [2.05, 4.69) is 10.6 Å². The lowest BCUT2D eigenvalue weighted by molar-refractivity contribution is -0.139. The number of halogens is 2. The lowest BCUT2D eigenvalue weighted by atomic mass is 9.91. The Bertz CT molecular complexity index is 651. The third kappa shape index (κ3) is 3.62. The van der Waals surface area contributed by atoms with Crippen LogP contribution >= 0.6 is 23.2 Å². The highest BCUT2D eigenvalue weighted by Gasteiger charge is 2.36. The Morgan fingerprint density at radius 1 is 1.30 bits per heavy atom. The maximum Gasteiger partial charge on any atom is 0.338 e. The van der Waals surface area contributed by atoms with Crippen LogP contribution in [0.15, 0.2) is 29.5 Å². The summed E-state index contributed by atoms with van der Waals surface area (Å²) in [4.78, 5) is 24.5. The largest absolute Gasteiger partial charge is 0.463 e. The van der Waals surface area contributed by atoms with Crippen LogP contribution in [0.1, 0.15) is 32.4 Å². The molecule has 5 nitrogen and oxygen atoms in total. The average Bonchev–Trinajstić information content (AvgIpc) is 2.46. The summed E-state index contributed by atoms with van der Waals surface area (Å²) in [7, 11) is 0. The number of hydrogen-bond donors (Lipinski definition) is 2. The van der Waals surface area contributed by atoms with E-state index < -0.39 is 18.0 Å². The van der Waals surface area contributed by atoms with Crippen LogP contribution in [0.4, 0.5) is 4.79 Å². The van der Waals surface area contributed by atoms with E-state index >= 15 is 0 Å². The van der Waals surface area contributed by atoms with Gasteiger partial charge in [-0.2, -0.15) is 0 Å². The Kier molecular flexibility index (Phi) is 5.55. The van der Waals surface area contributed by atoms with E-state index in [1.165, 1.54) is 0 Å². The third-order valence-corrected chi connectivity index (χ3v) is 4.12. The lowest BCUT2D eigenvalue weighted by Crippen LogP contribution is -2.47. The first-order chi connectivity index (χ1) is 10.9. The van der Waals surface area contributed by atoms with Crippen LogP contribution in [0.5, 0.6) is 0 Å². The number of rotatable bonds is 4. The van der Waals surface area contributed by atoms with Crippen molar-refractivity contribution in [2.75, 3.05) is 6.61 Å². The second-order valence-corrected chi connectivity index (χ2v) is 6.18. The maximum absolute atomic E-state index is 12.5. The van der Waals surface area contributed by atoms with Gasteiger partial charge in [-0.15, -0.1) is 0 Å². The molecule has 0 radical (unpaired) electrons. The zero-order chi connectivity index (χ0) is 17.1. The van der Waals surface area contributed by atoms with E-state index in [1.54, 1.807) is 25.1 Å². The number of nitrogens with one attached hydrogen (secondary N) is 2. The molecule has 2 amide bonds. The second kappa shape index (κ2) is 7.23. The number of amides is 2. The number of allylic oxidation sites excluding steroid dienone is 1. The first-order valence-electron chi connectivity index (χ1n) is 7.29. The zero-order valence-corrected chi connectivity index (χ0v) is 14.6. The molecular weight excluding hydrogens is 339 g/mol. The molecular formula is C16H18Cl2N2O3. The van der Waals surface area contributed by atoms with Gasteiger partial charge in [0.1, 0.15) is 0 Å². The minimum atomic E-state index is -0.763. The van der Waals surface area contributed by atoms with E-state index in [9.17, 15) is 9.59 Å². The van der Waals surface area contributed by atoms with Crippen molar-refractivity contribution in [1.29, 1.82) is 0 Å². The molecule has 0 aliphatic carbocycles. The molecule has 1 aromatic rings. The highest BCUT2D eigenvalue weighted by molar-refractivity contribution is 6.36. The van der Waals surface area contributed by atoms with Crippen molar-refractivity contribution in [1.82, 2.24) is 10.6 Å². The van der Waals surface area contributed by atoms with Crippen LogP contribution in [0.2, 0.25) is 10.0 Å². The van der Waals surface area contributed by atoms with Crippen molar-refractivity contribution in [2.24, 2.45) is 5.92 Å². The molecule has 0 fully saturated rings. The number of carbonyl (C=O) groups excluding carboxylic acids is 2. The molecule has 1 atom stereocenters. The topological polar surface area (TPSA) is 67.4 Å². The molecule has 2 N–H and O–H groups in total. The fourth-order valence-corrected chi connectivity index (χ4v) is 3.10. The Hall–Kier alpha value is -1.72. The summed E-state index contributed by atoms with van der Waals surface area (Å²) in [6, 6.07) is 3.85. The number of benzene rings is 1. The fourth-order valence-electron chi connectivity index (χ4n) is 2.48. The van der Waals surface area contributed by atoms with Gasteiger partial charge in [0, 0.05) is 21.3 Å². The summed E-state index contributed by atoms with van der Waals surface area (Å²) in [6.07, 6.45) is 0. The summed E-state index contributed by atoms with van der Waals surface area (Å²) in [5.74, 6) is -0.589. The van der Waals surface area contributed by atoms with Crippen molar-refractivity contribution in [2.45, 2.75) is 26.8 Å². The molecule has 1 aliphatic rings. The molecule has 0 aromatic heterocycles. The molecule has 0 saturated heterocycles. The minimum absolute atomic E-state index is 0.0794. The van der Waals surface area contributed by atoms with Gasteiger partial charge in [-0.25, -0.2) is 9.59 Å².